The van der Waals surface area contributed by atoms with Crippen LogP contribution < -0.4 is 5.32 Å². The molecule has 0 saturated heterocycles. The third-order valence-corrected chi connectivity index (χ3v) is 3.89. The van der Waals surface area contributed by atoms with E-state index in [1.807, 2.05) is 0 Å². The lowest BCUT2D eigenvalue weighted by Gasteiger charge is -2.31. The lowest BCUT2D eigenvalue weighted by Crippen LogP contribution is -2.45. The molecule has 0 aromatic heterocycles. The Morgan fingerprint density at radius 3 is 2.41 bits per heavy atom. The van der Waals surface area contributed by atoms with E-state index in [1.54, 1.807) is 0 Å². The maximum absolute atomic E-state index is 14.0. The van der Waals surface area contributed by atoms with E-state index < -0.39 is 35.4 Å². The first kappa shape index (κ1) is 14.4. The maximum atomic E-state index is 14.0. The minimum Gasteiger partial charge on any atom is -0.336 e. The fraction of sp³-hybridized carbons (Fsp3) is 0.286. The van der Waals surface area contributed by atoms with Crippen LogP contribution in [-0.2, 0) is 4.79 Å². The highest BCUT2D eigenvalue weighted by atomic mass is 19.2. The number of rotatable bonds is 1. The number of urea groups is 1. The highest BCUT2D eigenvalue weighted by Gasteiger charge is 2.42. The summed E-state index contributed by atoms with van der Waals surface area (Å²) in [7, 11) is 3.02. The van der Waals surface area contributed by atoms with Crippen LogP contribution in [0.4, 0.5) is 18.0 Å². The molecule has 8 heteroatoms. The van der Waals surface area contributed by atoms with Crippen LogP contribution in [0.25, 0.3) is 0 Å². The minimum atomic E-state index is -1.33. The lowest BCUT2D eigenvalue weighted by atomic mass is 9.95. The number of amides is 3. The first-order valence-electron chi connectivity index (χ1n) is 6.48. The molecule has 0 radical (unpaired) electrons. The zero-order chi connectivity index (χ0) is 16.2. The number of hydrogen-bond donors (Lipinski definition) is 1. The van der Waals surface area contributed by atoms with Gasteiger partial charge in [-0.2, -0.15) is 0 Å². The number of benzene rings is 1. The largest absolute Gasteiger partial charge is 0.336 e. The molecule has 2 heterocycles. The van der Waals surface area contributed by atoms with Gasteiger partial charge in [0, 0.05) is 25.7 Å². The van der Waals surface area contributed by atoms with E-state index in [9.17, 15) is 22.8 Å². The van der Waals surface area contributed by atoms with E-state index in [0.717, 1.165) is 0 Å². The SMILES string of the molecule is CN1CC2=C(C1=O)C(c1cc(F)c(F)cc1F)NC(=O)N2C. The molecule has 1 unspecified atom stereocenters. The molecule has 2 aliphatic heterocycles. The lowest BCUT2D eigenvalue weighted by molar-refractivity contribution is -0.124. The summed E-state index contributed by atoms with van der Waals surface area (Å²) in [6.45, 7) is 0.194. The molecule has 116 valence electrons. The molecule has 0 spiro atoms. The smallest absolute Gasteiger partial charge is 0.322 e. The highest BCUT2D eigenvalue weighted by Crippen LogP contribution is 2.36. The van der Waals surface area contributed by atoms with Gasteiger partial charge in [-0.25, -0.2) is 18.0 Å². The third-order valence-electron chi connectivity index (χ3n) is 3.89. The van der Waals surface area contributed by atoms with Crippen molar-refractivity contribution in [2.45, 2.75) is 6.04 Å². The van der Waals surface area contributed by atoms with Gasteiger partial charge in [-0.05, 0) is 6.07 Å². The van der Waals surface area contributed by atoms with E-state index >= 15 is 0 Å². The van der Waals surface area contributed by atoms with E-state index in [1.165, 1.54) is 23.9 Å². The first-order valence-corrected chi connectivity index (χ1v) is 6.48. The molecule has 1 aromatic carbocycles. The second-order valence-corrected chi connectivity index (χ2v) is 5.25. The topological polar surface area (TPSA) is 52.7 Å². The molecule has 0 saturated carbocycles. The van der Waals surface area contributed by atoms with Crippen LogP contribution >= 0.6 is 0 Å². The Kier molecular flexibility index (Phi) is 3.12. The van der Waals surface area contributed by atoms with Crippen LogP contribution in [-0.4, -0.2) is 42.4 Å². The number of hydrogen-bond acceptors (Lipinski definition) is 2. The van der Waals surface area contributed by atoms with Crippen molar-refractivity contribution in [2.24, 2.45) is 0 Å². The first-order chi connectivity index (χ1) is 10.3. The Morgan fingerprint density at radius 2 is 1.73 bits per heavy atom. The summed E-state index contributed by atoms with van der Waals surface area (Å²) in [6, 6.07) is -0.627. The van der Waals surface area contributed by atoms with Gasteiger partial charge in [-0.15, -0.1) is 0 Å². The zero-order valence-corrected chi connectivity index (χ0v) is 11.8. The second kappa shape index (κ2) is 4.75. The van der Waals surface area contributed by atoms with Gasteiger partial charge in [0.25, 0.3) is 5.91 Å². The monoisotopic (exact) mass is 311 g/mol. The average molecular weight is 311 g/mol. The highest BCUT2D eigenvalue weighted by molar-refractivity contribution is 6.01. The van der Waals surface area contributed by atoms with Crippen molar-refractivity contribution in [3.05, 3.63) is 46.4 Å². The number of nitrogens with zero attached hydrogens (tertiary/aromatic N) is 2. The predicted octanol–water partition coefficient (Wildman–Crippen LogP) is 1.53. The molecule has 0 bridgehead atoms. The van der Waals surface area contributed by atoms with E-state index in [0.29, 0.717) is 17.8 Å². The summed E-state index contributed by atoms with van der Waals surface area (Å²) in [5.41, 5.74) is 0.302. The molecule has 2 aliphatic rings. The molecule has 3 amide bonds. The van der Waals surface area contributed by atoms with Gasteiger partial charge in [-0.3, -0.25) is 9.69 Å². The van der Waals surface area contributed by atoms with Crippen molar-refractivity contribution in [1.82, 2.24) is 15.1 Å². The van der Waals surface area contributed by atoms with Gasteiger partial charge >= 0.3 is 6.03 Å². The van der Waals surface area contributed by atoms with E-state index in [2.05, 4.69) is 5.32 Å². The van der Waals surface area contributed by atoms with Gasteiger partial charge in [0.05, 0.1) is 23.9 Å². The van der Waals surface area contributed by atoms with Crippen molar-refractivity contribution >= 4 is 11.9 Å². The Balaban J connectivity index is 2.16. The fourth-order valence-corrected chi connectivity index (χ4v) is 2.69. The number of likely N-dealkylation sites (N-methyl/N-ethyl adjacent to an activating group) is 2. The molecule has 0 aliphatic carbocycles. The van der Waals surface area contributed by atoms with E-state index in [4.69, 9.17) is 0 Å². The number of halogens is 3. The Labute approximate surface area is 124 Å². The Hall–Kier alpha value is -2.51. The van der Waals surface area contributed by atoms with Crippen LogP contribution in [0.1, 0.15) is 11.6 Å². The zero-order valence-electron chi connectivity index (χ0n) is 11.8. The Morgan fingerprint density at radius 1 is 1.09 bits per heavy atom. The van der Waals surface area contributed by atoms with Crippen molar-refractivity contribution < 1.29 is 22.8 Å². The molecule has 0 fully saturated rings. The molecule has 1 aromatic rings. The van der Waals surface area contributed by atoms with Crippen LogP contribution in [0.3, 0.4) is 0 Å². The number of carbonyl (C=O) groups is 2. The number of carbonyl (C=O) groups excluding carboxylic acids is 2. The minimum absolute atomic E-state index is 0.162. The van der Waals surface area contributed by atoms with Crippen LogP contribution in [0.15, 0.2) is 23.4 Å². The predicted molar refractivity (Wildman–Crippen MR) is 70.0 cm³/mol. The molecule has 22 heavy (non-hydrogen) atoms. The molecule has 5 nitrogen and oxygen atoms in total. The van der Waals surface area contributed by atoms with Gasteiger partial charge < -0.3 is 10.2 Å². The maximum Gasteiger partial charge on any atom is 0.322 e. The quantitative estimate of drug-likeness (QED) is 0.800. The standard InChI is InChI=1S/C14H12F3N3O2/c1-19-5-10-11(13(19)21)12(18-14(22)20(10)2)6-3-8(16)9(17)4-7(6)15/h3-4,12H,5H2,1-2H3,(H,18,22). The van der Waals surface area contributed by atoms with Gasteiger partial charge in [0.15, 0.2) is 11.6 Å². The normalized spacial score (nSPS) is 21.4. The van der Waals surface area contributed by atoms with Crippen LogP contribution in [0.2, 0.25) is 0 Å². The molecular weight excluding hydrogens is 299 g/mol. The van der Waals surface area contributed by atoms with Crippen molar-refractivity contribution in [3.63, 3.8) is 0 Å². The van der Waals surface area contributed by atoms with Crippen molar-refractivity contribution in [3.8, 4) is 0 Å². The molecule has 1 atom stereocenters. The summed E-state index contributed by atoms with van der Waals surface area (Å²) in [4.78, 5) is 26.8. The molecule has 1 N–H and O–H groups in total. The van der Waals surface area contributed by atoms with Gasteiger partial charge in [-0.1, -0.05) is 0 Å². The Bertz CT molecular complexity index is 732. The van der Waals surface area contributed by atoms with Crippen LogP contribution in [0.5, 0.6) is 0 Å². The van der Waals surface area contributed by atoms with Gasteiger partial charge in [0.2, 0.25) is 0 Å². The second-order valence-electron chi connectivity index (χ2n) is 5.25. The molecular formula is C14H12F3N3O2. The van der Waals surface area contributed by atoms with Crippen molar-refractivity contribution in [1.29, 1.82) is 0 Å². The average Bonchev–Trinajstić information content (AvgIpc) is 2.75. The summed E-state index contributed by atoms with van der Waals surface area (Å²) >= 11 is 0. The van der Waals surface area contributed by atoms with Gasteiger partial charge in [0.1, 0.15) is 5.82 Å². The summed E-state index contributed by atoms with van der Waals surface area (Å²) < 4.78 is 40.5. The van der Waals surface area contributed by atoms with E-state index in [-0.39, 0.29) is 17.7 Å². The number of nitrogens with one attached hydrogen (secondary N) is 1. The summed E-state index contributed by atoms with van der Waals surface area (Å²) in [6.07, 6.45) is 0. The summed E-state index contributed by atoms with van der Waals surface area (Å²) in [5.74, 6) is -3.99. The summed E-state index contributed by atoms with van der Waals surface area (Å²) in [5, 5.41) is 2.44. The fourth-order valence-electron chi connectivity index (χ4n) is 2.69. The molecule has 3 rings (SSSR count). The van der Waals surface area contributed by atoms with Crippen LogP contribution in [0, 0.1) is 17.5 Å². The van der Waals surface area contributed by atoms with Crippen molar-refractivity contribution in [2.75, 3.05) is 20.6 Å². The third kappa shape index (κ3) is 1.94.